The number of nitrogens with zero attached hydrogens (tertiary/aromatic N) is 4. The molecule has 34 heavy (non-hydrogen) atoms. The van der Waals surface area contributed by atoms with Crippen LogP contribution >= 0.6 is 0 Å². The molecule has 2 saturated heterocycles. The number of hydrogen-bond acceptors (Lipinski definition) is 7. The maximum Gasteiger partial charge on any atom is 0.295 e. The molecule has 1 atom stereocenters. The molecule has 9 nitrogen and oxygen atoms in total. The molecule has 0 radical (unpaired) electrons. The van der Waals surface area contributed by atoms with E-state index in [1.165, 1.54) is 7.11 Å². The maximum atomic E-state index is 13.3. The number of Topliss-reactive ketones (excluding diaryl/α,β-unsaturated/α-hetero) is 1. The Morgan fingerprint density at radius 2 is 1.76 bits per heavy atom. The highest BCUT2D eigenvalue weighted by Gasteiger charge is 2.46. The number of aromatic nitrogens is 2. The Morgan fingerprint density at radius 1 is 1.09 bits per heavy atom. The minimum absolute atomic E-state index is 0.0674. The summed E-state index contributed by atoms with van der Waals surface area (Å²) in [7, 11) is 4.86. The Balaban J connectivity index is 1.84. The van der Waals surface area contributed by atoms with Gasteiger partial charge in [0.1, 0.15) is 5.76 Å². The first-order valence-corrected chi connectivity index (χ1v) is 11.5. The van der Waals surface area contributed by atoms with Crippen molar-refractivity contribution in [1.29, 1.82) is 0 Å². The van der Waals surface area contributed by atoms with Crippen molar-refractivity contribution >= 4 is 17.4 Å². The molecule has 2 aromatic rings. The molecule has 0 bridgehead atoms. The number of carbonyl (C=O) groups excluding carboxylic acids is 2. The minimum Gasteiger partial charge on any atom is -0.507 e. The Hall–Kier alpha value is -3.33. The van der Waals surface area contributed by atoms with Gasteiger partial charge in [-0.15, -0.1) is 0 Å². The van der Waals surface area contributed by atoms with E-state index in [2.05, 4.69) is 10.00 Å². The monoisotopic (exact) mass is 468 g/mol. The van der Waals surface area contributed by atoms with Crippen LogP contribution in [-0.4, -0.2) is 76.8 Å². The summed E-state index contributed by atoms with van der Waals surface area (Å²) < 4.78 is 12.5. The van der Waals surface area contributed by atoms with Crippen LogP contribution in [0, 0.1) is 13.8 Å². The fourth-order valence-electron chi connectivity index (χ4n) is 4.99. The summed E-state index contributed by atoms with van der Waals surface area (Å²) in [5, 5.41) is 15.8. The van der Waals surface area contributed by atoms with Gasteiger partial charge in [0.05, 0.1) is 37.1 Å². The number of aryl methyl sites for hydroxylation is 2. The lowest BCUT2D eigenvalue weighted by Crippen LogP contribution is -2.37. The van der Waals surface area contributed by atoms with E-state index in [9.17, 15) is 14.7 Å². The third-order valence-electron chi connectivity index (χ3n) is 6.86. The fraction of sp³-hybridized carbons (Fsp3) is 0.480. The Morgan fingerprint density at radius 3 is 2.35 bits per heavy atom. The molecule has 1 aromatic heterocycles. The standard InChI is InChI=1S/C25H32N4O5/c1-15-20(16(2)27(3)26-15)23(30)21-22(17-8-9-18(33-4)19(14-17)34-5)29(25(32)24(21)31)13-12-28-10-6-7-11-28/h8-9,14,22,30H,6-7,10-13H2,1-5H3/b23-21+. The molecular weight excluding hydrogens is 436 g/mol. The van der Waals surface area contributed by atoms with Crippen molar-refractivity contribution in [1.82, 2.24) is 19.6 Å². The molecule has 1 unspecified atom stereocenters. The first-order chi connectivity index (χ1) is 16.3. The summed E-state index contributed by atoms with van der Waals surface area (Å²) in [6.45, 7) is 6.62. The van der Waals surface area contributed by atoms with Crippen LogP contribution in [0.3, 0.4) is 0 Å². The topological polar surface area (TPSA) is 97.1 Å². The molecule has 182 valence electrons. The van der Waals surface area contributed by atoms with E-state index in [1.807, 2.05) is 6.92 Å². The summed E-state index contributed by atoms with van der Waals surface area (Å²) in [4.78, 5) is 30.4. The third-order valence-corrected chi connectivity index (χ3v) is 6.86. The van der Waals surface area contributed by atoms with Crippen molar-refractivity contribution in [2.75, 3.05) is 40.4 Å². The summed E-state index contributed by atoms with van der Waals surface area (Å²) >= 11 is 0. The molecule has 0 spiro atoms. The number of aliphatic hydroxyl groups is 1. The molecule has 3 heterocycles. The van der Waals surface area contributed by atoms with Gasteiger partial charge in [-0.25, -0.2) is 0 Å². The van der Waals surface area contributed by atoms with Crippen LogP contribution in [0.5, 0.6) is 11.5 Å². The van der Waals surface area contributed by atoms with Crippen molar-refractivity contribution in [3.05, 3.63) is 46.3 Å². The average Bonchev–Trinajstić information content (AvgIpc) is 3.50. The summed E-state index contributed by atoms with van der Waals surface area (Å²) in [6.07, 6.45) is 2.27. The van der Waals surface area contributed by atoms with Crippen molar-refractivity contribution in [2.24, 2.45) is 7.05 Å². The van der Waals surface area contributed by atoms with Crippen LogP contribution in [0.2, 0.25) is 0 Å². The number of likely N-dealkylation sites (tertiary alicyclic amines) is 2. The number of amides is 1. The highest BCUT2D eigenvalue weighted by atomic mass is 16.5. The normalized spacial score (nSPS) is 20.4. The zero-order valence-corrected chi connectivity index (χ0v) is 20.4. The Kier molecular flexibility index (Phi) is 6.65. The molecule has 1 amide bonds. The molecule has 2 aliphatic heterocycles. The predicted octanol–water partition coefficient (Wildman–Crippen LogP) is 2.57. The first-order valence-electron chi connectivity index (χ1n) is 11.5. The second-order valence-electron chi connectivity index (χ2n) is 8.83. The quantitative estimate of drug-likeness (QED) is 0.379. The molecular formula is C25H32N4O5. The van der Waals surface area contributed by atoms with Crippen molar-refractivity contribution in [3.8, 4) is 11.5 Å². The highest BCUT2D eigenvalue weighted by Crippen LogP contribution is 2.42. The lowest BCUT2D eigenvalue weighted by Gasteiger charge is -2.27. The van der Waals surface area contributed by atoms with Crippen LogP contribution < -0.4 is 9.47 Å². The molecule has 0 aliphatic carbocycles. The van der Waals surface area contributed by atoms with E-state index in [-0.39, 0.29) is 11.3 Å². The molecule has 2 fully saturated rings. The summed E-state index contributed by atoms with van der Waals surface area (Å²) in [5.41, 5.74) is 2.51. The highest BCUT2D eigenvalue weighted by molar-refractivity contribution is 6.46. The smallest absolute Gasteiger partial charge is 0.295 e. The third kappa shape index (κ3) is 4.04. The van der Waals surface area contributed by atoms with E-state index in [1.54, 1.807) is 48.9 Å². The second kappa shape index (κ2) is 9.50. The largest absolute Gasteiger partial charge is 0.507 e. The van der Waals surface area contributed by atoms with E-state index in [0.29, 0.717) is 47.1 Å². The molecule has 0 saturated carbocycles. The number of aliphatic hydroxyl groups excluding tert-OH is 1. The van der Waals surface area contributed by atoms with Gasteiger partial charge >= 0.3 is 0 Å². The van der Waals surface area contributed by atoms with E-state index in [4.69, 9.17) is 9.47 Å². The number of ether oxygens (including phenoxy) is 2. The average molecular weight is 469 g/mol. The van der Waals surface area contributed by atoms with Gasteiger partial charge in [0.15, 0.2) is 11.5 Å². The van der Waals surface area contributed by atoms with E-state index in [0.717, 1.165) is 25.9 Å². The van der Waals surface area contributed by atoms with Crippen LogP contribution in [0.1, 0.15) is 41.4 Å². The number of rotatable bonds is 7. The van der Waals surface area contributed by atoms with E-state index >= 15 is 0 Å². The molecule has 1 N–H and O–H groups in total. The maximum absolute atomic E-state index is 13.3. The summed E-state index contributed by atoms with van der Waals surface area (Å²) in [5.74, 6) is -0.482. The fourth-order valence-corrected chi connectivity index (χ4v) is 4.99. The lowest BCUT2D eigenvalue weighted by atomic mass is 9.94. The first kappa shape index (κ1) is 23.8. The SMILES string of the molecule is COc1ccc(C2/C(=C(\O)c3c(C)nn(C)c3C)C(=O)C(=O)N2CCN2CCCC2)cc1OC. The lowest BCUT2D eigenvalue weighted by molar-refractivity contribution is -0.140. The molecule has 2 aliphatic rings. The van der Waals surface area contributed by atoms with Gasteiger partial charge in [0.25, 0.3) is 11.7 Å². The minimum atomic E-state index is -0.749. The van der Waals surface area contributed by atoms with Gasteiger partial charge in [-0.05, 0) is 57.5 Å². The summed E-state index contributed by atoms with van der Waals surface area (Å²) in [6, 6.07) is 4.56. The van der Waals surface area contributed by atoms with Crippen LogP contribution in [-0.2, 0) is 16.6 Å². The molecule has 4 rings (SSSR count). The van der Waals surface area contributed by atoms with Crippen LogP contribution in [0.25, 0.3) is 5.76 Å². The van der Waals surface area contributed by atoms with Crippen LogP contribution in [0.4, 0.5) is 0 Å². The van der Waals surface area contributed by atoms with Gasteiger partial charge in [0, 0.05) is 25.8 Å². The number of hydrogen-bond donors (Lipinski definition) is 1. The Bertz CT molecular complexity index is 1150. The number of methoxy groups -OCH3 is 2. The molecule has 9 heteroatoms. The molecule has 1 aromatic carbocycles. The zero-order valence-electron chi connectivity index (χ0n) is 20.4. The predicted molar refractivity (Wildman–Crippen MR) is 127 cm³/mol. The number of carbonyl (C=O) groups is 2. The zero-order chi connectivity index (χ0) is 24.6. The second-order valence-corrected chi connectivity index (χ2v) is 8.83. The van der Waals surface area contributed by atoms with Crippen molar-refractivity contribution < 1.29 is 24.2 Å². The van der Waals surface area contributed by atoms with E-state index < -0.39 is 17.7 Å². The number of benzene rings is 1. The van der Waals surface area contributed by atoms with Gasteiger partial charge in [-0.1, -0.05) is 6.07 Å². The van der Waals surface area contributed by atoms with Gasteiger partial charge in [0.2, 0.25) is 0 Å². The van der Waals surface area contributed by atoms with Crippen LogP contribution in [0.15, 0.2) is 23.8 Å². The van der Waals surface area contributed by atoms with Crippen molar-refractivity contribution in [3.63, 3.8) is 0 Å². The number of ketones is 1. The van der Waals surface area contributed by atoms with Crippen molar-refractivity contribution in [2.45, 2.75) is 32.7 Å². The Labute approximate surface area is 199 Å². The van der Waals surface area contributed by atoms with Gasteiger partial charge in [-0.2, -0.15) is 5.10 Å². The van der Waals surface area contributed by atoms with Gasteiger partial charge < -0.3 is 24.4 Å². The van der Waals surface area contributed by atoms with Gasteiger partial charge in [-0.3, -0.25) is 14.3 Å².